The van der Waals surface area contributed by atoms with Crippen LogP contribution in [0.25, 0.3) is 0 Å². The first-order valence-corrected chi connectivity index (χ1v) is 7.71. The van der Waals surface area contributed by atoms with Crippen molar-refractivity contribution in [2.45, 2.75) is 25.8 Å². The summed E-state index contributed by atoms with van der Waals surface area (Å²) in [6.45, 7) is 3.18. The minimum atomic E-state index is -0.333. The Balaban J connectivity index is 1.67. The SMILES string of the molecule is Cc1cc(C(=O)NC2CCCN(c3ncccc3F)C2)nn1C. The van der Waals surface area contributed by atoms with Crippen LogP contribution >= 0.6 is 0 Å². The summed E-state index contributed by atoms with van der Waals surface area (Å²) in [6, 6.07) is 4.70. The summed E-state index contributed by atoms with van der Waals surface area (Å²) >= 11 is 0. The van der Waals surface area contributed by atoms with E-state index in [2.05, 4.69) is 15.4 Å². The number of amides is 1. The molecule has 1 aliphatic rings. The van der Waals surface area contributed by atoms with E-state index >= 15 is 0 Å². The lowest BCUT2D eigenvalue weighted by Gasteiger charge is -2.33. The van der Waals surface area contributed by atoms with Gasteiger partial charge < -0.3 is 10.2 Å². The molecule has 2 aromatic rings. The number of nitrogens with zero attached hydrogens (tertiary/aromatic N) is 4. The van der Waals surface area contributed by atoms with Crippen LogP contribution in [0.3, 0.4) is 0 Å². The second-order valence-electron chi connectivity index (χ2n) is 5.86. The summed E-state index contributed by atoms with van der Waals surface area (Å²) in [6.07, 6.45) is 3.32. The number of anilines is 1. The molecule has 0 spiro atoms. The lowest BCUT2D eigenvalue weighted by Crippen LogP contribution is -2.48. The van der Waals surface area contributed by atoms with Gasteiger partial charge in [-0.25, -0.2) is 9.37 Å². The third kappa shape index (κ3) is 3.33. The smallest absolute Gasteiger partial charge is 0.272 e. The predicted molar refractivity (Wildman–Crippen MR) is 84.8 cm³/mol. The number of aryl methyl sites for hydroxylation is 2. The van der Waals surface area contributed by atoms with Crippen molar-refractivity contribution in [2.75, 3.05) is 18.0 Å². The van der Waals surface area contributed by atoms with E-state index in [0.717, 1.165) is 25.1 Å². The normalized spacial score (nSPS) is 18.0. The van der Waals surface area contributed by atoms with Crippen LogP contribution in [0.4, 0.5) is 10.2 Å². The van der Waals surface area contributed by atoms with Gasteiger partial charge in [-0.2, -0.15) is 5.10 Å². The number of hydrogen-bond acceptors (Lipinski definition) is 4. The van der Waals surface area contributed by atoms with E-state index < -0.39 is 0 Å². The highest BCUT2D eigenvalue weighted by Gasteiger charge is 2.25. The van der Waals surface area contributed by atoms with Gasteiger partial charge in [0.2, 0.25) is 0 Å². The van der Waals surface area contributed by atoms with Crippen LogP contribution in [0.5, 0.6) is 0 Å². The molecule has 3 heterocycles. The molecule has 23 heavy (non-hydrogen) atoms. The molecule has 0 saturated carbocycles. The predicted octanol–water partition coefficient (Wildman–Crippen LogP) is 1.66. The maximum absolute atomic E-state index is 13.9. The first-order valence-electron chi connectivity index (χ1n) is 7.71. The molecule has 3 rings (SSSR count). The fourth-order valence-corrected chi connectivity index (χ4v) is 2.83. The Morgan fingerprint density at radius 1 is 1.48 bits per heavy atom. The van der Waals surface area contributed by atoms with Crippen LogP contribution in [0.1, 0.15) is 29.0 Å². The van der Waals surface area contributed by atoms with Crippen molar-refractivity contribution < 1.29 is 9.18 Å². The van der Waals surface area contributed by atoms with Crippen molar-refractivity contribution >= 4 is 11.7 Å². The topological polar surface area (TPSA) is 63.1 Å². The van der Waals surface area contributed by atoms with Gasteiger partial charge in [0.25, 0.3) is 5.91 Å². The first-order chi connectivity index (χ1) is 11.0. The van der Waals surface area contributed by atoms with Crippen LogP contribution in [0.2, 0.25) is 0 Å². The van der Waals surface area contributed by atoms with Crippen molar-refractivity contribution in [3.63, 3.8) is 0 Å². The zero-order valence-corrected chi connectivity index (χ0v) is 13.3. The molecule has 0 aromatic carbocycles. The Kier molecular flexibility index (Phi) is 4.27. The van der Waals surface area contributed by atoms with Gasteiger partial charge in [-0.15, -0.1) is 0 Å². The number of halogens is 1. The Bertz CT molecular complexity index is 695. The number of piperidine rings is 1. The number of nitrogens with one attached hydrogen (secondary N) is 1. The maximum Gasteiger partial charge on any atom is 0.272 e. The van der Waals surface area contributed by atoms with Gasteiger partial charge in [-0.1, -0.05) is 0 Å². The molecular formula is C16H20FN5O. The van der Waals surface area contributed by atoms with Crippen LogP contribution in [0, 0.1) is 12.7 Å². The number of carbonyl (C=O) groups is 1. The molecule has 1 amide bonds. The third-order valence-electron chi connectivity index (χ3n) is 4.14. The zero-order chi connectivity index (χ0) is 16.4. The molecule has 1 unspecified atom stereocenters. The minimum absolute atomic E-state index is 0.0417. The minimum Gasteiger partial charge on any atom is -0.352 e. The number of pyridine rings is 1. The standard InChI is InChI=1S/C16H20FN5O/c1-11-9-14(20-21(11)2)16(23)19-12-5-4-8-22(10-12)15-13(17)6-3-7-18-15/h3,6-7,9,12H,4-5,8,10H2,1-2H3,(H,19,23). The molecule has 122 valence electrons. The van der Waals surface area contributed by atoms with Crippen LogP contribution in [0.15, 0.2) is 24.4 Å². The van der Waals surface area contributed by atoms with Gasteiger partial charge in [0.05, 0.1) is 0 Å². The van der Waals surface area contributed by atoms with E-state index in [4.69, 9.17) is 0 Å². The highest BCUT2D eigenvalue weighted by Crippen LogP contribution is 2.20. The van der Waals surface area contributed by atoms with E-state index in [-0.39, 0.29) is 17.8 Å². The maximum atomic E-state index is 13.9. The van der Waals surface area contributed by atoms with Crippen LogP contribution in [-0.4, -0.2) is 39.8 Å². The van der Waals surface area contributed by atoms with Crippen molar-refractivity contribution in [1.29, 1.82) is 0 Å². The van der Waals surface area contributed by atoms with Gasteiger partial charge >= 0.3 is 0 Å². The monoisotopic (exact) mass is 317 g/mol. The van der Waals surface area contributed by atoms with Gasteiger partial charge in [0, 0.05) is 38.1 Å². The summed E-state index contributed by atoms with van der Waals surface area (Å²) in [5, 5.41) is 7.17. The fourth-order valence-electron chi connectivity index (χ4n) is 2.83. The van der Waals surface area contributed by atoms with Gasteiger partial charge in [0.15, 0.2) is 11.6 Å². The van der Waals surface area contributed by atoms with E-state index in [0.29, 0.717) is 18.1 Å². The lowest BCUT2D eigenvalue weighted by atomic mass is 10.1. The van der Waals surface area contributed by atoms with Crippen LogP contribution in [-0.2, 0) is 7.05 Å². The quantitative estimate of drug-likeness (QED) is 0.935. The third-order valence-corrected chi connectivity index (χ3v) is 4.14. The van der Waals surface area contributed by atoms with Crippen molar-refractivity contribution in [3.05, 3.63) is 41.6 Å². The number of hydrogen-bond donors (Lipinski definition) is 1. The first kappa shape index (κ1) is 15.5. The van der Waals surface area contributed by atoms with E-state index in [1.165, 1.54) is 6.07 Å². The van der Waals surface area contributed by atoms with E-state index in [1.807, 2.05) is 11.8 Å². The largest absolute Gasteiger partial charge is 0.352 e. The Hall–Kier alpha value is -2.44. The molecule has 1 fully saturated rings. The number of aromatic nitrogens is 3. The number of rotatable bonds is 3. The second-order valence-corrected chi connectivity index (χ2v) is 5.86. The molecule has 6 nitrogen and oxygen atoms in total. The summed E-state index contributed by atoms with van der Waals surface area (Å²) in [4.78, 5) is 18.3. The van der Waals surface area contributed by atoms with Gasteiger partial charge in [-0.3, -0.25) is 9.48 Å². The van der Waals surface area contributed by atoms with Crippen LogP contribution < -0.4 is 10.2 Å². The average molecular weight is 317 g/mol. The highest BCUT2D eigenvalue weighted by molar-refractivity contribution is 5.92. The molecule has 0 aliphatic carbocycles. The molecule has 7 heteroatoms. The zero-order valence-electron chi connectivity index (χ0n) is 13.3. The lowest BCUT2D eigenvalue weighted by molar-refractivity contribution is 0.0927. The summed E-state index contributed by atoms with van der Waals surface area (Å²) in [5.74, 6) is -0.179. The highest BCUT2D eigenvalue weighted by atomic mass is 19.1. The summed E-state index contributed by atoms with van der Waals surface area (Å²) in [7, 11) is 1.80. The van der Waals surface area contributed by atoms with E-state index in [9.17, 15) is 9.18 Å². The molecule has 0 radical (unpaired) electrons. The summed E-state index contributed by atoms with van der Waals surface area (Å²) < 4.78 is 15.5. The van der Waals surface area contributed by atoms with Crippen molar-refractivity contribution in [1.82, 2.24) is 20.1 Å². The van der Waals surface area contributed by atoms with Gasteiger partial charge in [0.1, 0.15) is 5.69 Å². The molecular weight excluding hydrogens is 297 g/mol. The summed E-state index contributed by atoms with van der Waals surface area (Å²) in [5.41, 5.74) is 1.34. The van der Waals surface area contributed by atoms with Gasteiger partial charge in [-0.05, 0) is 38.0 Å². The fraction of sp³-hybridized carbons (Fsp3) is 0.438. The molecule has 1 N–H and O–H groups in total. The Morgan fingerprint density at radius 2 is 2.30 bits per heavy atom. The van der Waals surface area contributed by atoms with E-state index in [1.54, 1.807) is 30.1 Å². The molecule has 0 bridgehead atoms. The molecule has 1 atom stereocenters. The van der Waals surface area contributed by atoms with Crippen molar-refractivity contribution in [2.24, 2.45) is 7.05 Å². The average Bonchev–Trinajstić information content (AvgIpc) is 2.88. The second kappa shape index (κ2) is 6.36. The Morgan fingerprint density at radius 3 is 3.00 bits per heavy atom. The molecule has 2 aromatic heterocycles. The van der Waals surface area contributed by atoms with Crippen molar-refractivity contribution in [3.8, 4) is 0 Å². The number of carbonyl (C=O) groups excluding carboxylic acids is 1. The molecule has 1 aliphatic heterocycles. The Labute approximate surface area is 134 Å². The molecule has 1 saturated heterocycles.